The second-order valence-corrected chi connectivity index (χ2v) is 5.47. The SMILES string of the molecule is CCOCCOCCOCCOc1nsnc1-c1ccc[n+](C)c1. The van der Waals surface area contributed by atoms with E-state index >= 15 is 0 Å². The maximum atomic E-state index is 5.67. The van der Waals surface area contributed by atoms with Crippen molar-refractivity contribution in [1.29, 1.82) is 0 Å². The molecule has 0 unspecified atom stereocenters. The van der Waals surface area contributed by atoms with Gasteiger partial charge >= 0.3 is 0 Å². The first-order chi connectivity index (χ1) is 11.8. The second kappa shape index (κ2) is 11.0. The van der Waals surface area contributed by atoms with Crippen LogP contribution in [0.3, 0.4) is 0 Å². The monoisotopic (exact) mass is 354 g/mol. The molecule has 0 fully saturated rings. The molecule has 0 bridgehead atoms. The number of rotatable bonds is 12. The van der Waals surface area contributed by atoms with E-state index in [2.05, 4.69) is 8.75 Å². The van der Waals surface area contributed by atoms with E-state index in [1.54, 1.807) is 0 Å². The summed E-state index contributed by atoms with van der Waals surface area (Å²) in [6, 6.07) is 3.95. The largest absolute Gasteiger partial charge is 0.473 e. The van der Waals surface area contributed by atoms with Crippen molar-refractivity contribution in [3.63, 3.8) is 0 Å². The Kier molecular flexibility index (Phi) is 8.61. The van der Waals surface area contributed by atoms with Crippen LogP contribution < -0.4 is 9.30 Å². The van der Waals surface area contributed by atoms with E-state index in [0.717, 1.165) is 23.0 Å². The van der Waals surface area contributed by atoms with E-state index in [1.807, 2.05) is 43.1 Å². The van der Waals surface area contributed by atoms with E-state index in [-0.39, 0.29) is 0 Å². The number of hydrogen-bond donors (Lipinski definition) is 0. The van der Waals surface area contributed by atoms with Crippen molar-refractivity contribution >= 4 is 11.7 Å². The predicted molar refractivity (Wildman–Crippen MR) is 90.1 cm³/mol. The lowest BCUT2D eigenvalue weighted by molar-refractivity contribution is -0.671. The van der Waals surface area contributed by atoms with Gasteiger partial charge in [0.1, 0.15) is 13.7 Å². The molecule has 0 aliphatic heterocycles. The van der Waals surface area contributed by atoms with Crippen LogP contribution in [0.5, 0.6) is 5.88 Å². The minimum Gasteiger partial charge on any atom is -0.473 e. The molecule has 2 aromatic rings. The first-order valence-electron chi connectivity index (χ1n) is 7.95. The van der Waals surface area contributed by atoms with Gasteiger partial charge < -0.3 is 18.9 Å². The van der Waals surface area contributed by atoms with Gasteiger partial charge in [0.15, 0.2) is 18.1 Å². The van der Waals surface area contributed by atoms with Crippen molar-refractivity contribution in [2.45, 2.75) is 6.92 Å². The van der Waals surface area contributed by atoms with Crippen LogP contribution in [-0.2, 0) is 21.3 Å². The van der Waals surface area contributed by atoms with Gasteiger partial charge in [-0.25, -0.2) is 4.57 Å². The van der Waals surface area contributed by atoms with Crippen molar-refractivity contribution in [2.24, 2.45) is 7.05 Å². The fraction of sp³-hybridized carbons (Fsp3) is 0.562. The van der Waals surface area contributed by atoms with Crippen LogP contribution in [0, 0.1) is 0 Å². The summed E-state index contributed by atoms with van der Waals surface area (Å²) < 4.78 is 32.2. The van der Waals surface area contributed by atoms with E-state index in [0.29, 0.717) is 52.1 Å². The van der Waals surface area contributed by atoms with Crippen molar-refractivity contribution in [2.75, 3.05) is 46.2 Å². The number of aryl methyl sites for hydroxylation is 1. The molecule has 0 aliphatic carbocycles. The van der Waals surface area contributed by atoms with Crippen LogP contribution in [0.25, 0.3) is 11.3 Å². The van der Waals surface area contributed by atoms with Gasteiger partial charge in [-0.15, -0.1) is 4.37 Å². The van der Waals surface area contributed by atoms with Gasteiger partial charge in [-0.1, -0.05) is 0 Å². The van der Waals surface area contributed by atoms with Gasteiger partial charge in [0, 0.05) is 12.7 Å². The van der Waals surface area contributed by atoms with E-state index in [4.69, 9.17) is 18.9 Å². The predicted octanol–water partition coefficient (Wildman–Crippen LogP) is 1.48. The normalized spacial score (nSPS) is 10.9. The Hall–Kier alpha value is -1.61. The summed E-state index contributed by atoms with van der Waals surface area (Å²) in [5.41, 5.74) is 1.74. The number of pyridine rings is 1. The lowest BCUT2D eigenvalue weighted by Crippen LogP contribution is -2.26. The molecule has 7 nitrogen and oxygen atoms in total. The molecule has 0 saturated heterocycles. The molecular formula is C16H24N3O4S+. The molecule has 0 N–H and O–H groups in total. The molecular weight excluding hydrogens is 330 g/mol. The molecule has 0 atom stereocenters. The Labute approximate surface area is 146 Å². The van der Waals surface area contributed by atoms with Gasteiger partial charge in [0.25, 0.3) is 5.88 Å². The van der Waals surface area contributed by atoms with E-state index in [9.17, 15) is 0 Å². The second-order valence-electron chi connectivity index (χ2n) is 4.95. The molecule has 2 rings (SSSR count). The third kappa shape index (κ3) is 6.48. The summed E-state index contributed by atoms with van der Waals surface area (Å²) in [5, 5.41) is 0. The minimum atomic E-state index is 0.427. The molecule has 0 radical (unpaired) electrons. The summed E-state index contributed by atoms with van der Waals surface area (Å²) in [7, 11) is 1.97. The average molecular weight is 354 g/mol. The fourth-order valence-electron chi connectivity index (χ4n) is 1.96. The fourth-order valence-corrected chi connectivity index (χ4v) is 2.48. The number of aromatic nitrogens is 3. The number of nitrogens with zero attached hydrogens (tertiary/aromatic N) is 3. The van der Waals surface area contributed by atoms with Crippen LogP contribution >= 0.6 is 11.7 Å². The van der Waals surface area contributed by atoms with Crippen LogP contribution in [-0.4, -0.2) is 55.0 Å². The third-order valence-electron chi connectivity index (χ3n) is 3.09. The highest BCUT2D eigenvalue weighted by molar-refractivity contribution is 6.99. The van der Waals surface area contributed by atoms with Crippen LogP contribution in [0.4, 0.5) is 0 Å². The highest BCUT2D eigenvalue weighted by Crippen LogP contribution is 2.26. The maximum Gasteiger partial charge on any atom is 0.254 e. The van der Waals surface area contributed by atoms with Crippen molar-refractivity contribution in [1.82, 2.24) is 8.75 Å². The Balaban J connectivity index is 1.63. The Morgan fingerprint density at radius 3 is 2.42 bits per heavy atom. The molecule has 8 heteroatoms. The van der Waals surface area contributed by atoms with Crippen LogP contribution in [0.15, 0.2) is 24.5 Å². The van der Waals surface area contributed by atoms with Crippen molar-refractivity contribution in [3.05, 3.63) is 24.5 Å². The van der Waals surface area contributed by atoms with Gasteiger partial charge in [0.2, 0.25) is 0 Å². The third-order valence-corrected chi connectivity index (χ3v) is 3.60. The average Bonchev–Trinajstić information content (AvgIpc) is 3.05. The van der Waals surface area contributed by atoms with Gasteiger partial charge in [-0.3, -0.25) is 0 Å². The summed E-state index contributed by atoms with van der Waals surface area (Å²) in [6.07, 6.45) is 3.95. The zero-order valence-electron chi connectivity index (χ0n) is 14.1. The summed E-state index contributed by atoms with van der Waals surface area (Å²) in [6.45, 7) is 5.89. The lowest BCUT2D eigenvalue weighted by Gasteiger charge is -2.07. The molecule has 0 amide bonds. The number of ether oxygens (including phenoxy) is 4. The van der Waals surface area contributed by atoms with Crippen LogP contribution in [0.1, 0.15) is 6.92 Å². The summed E-state index contributed by atoms with van der Waals surface area (Å²) in [4.78, 5) is 0. The zero-order valence-corrected chi connectivity index (χ0v) is 15.0. The number of hydrogen-bond acceptors (Lipinski definition) is 7. The summed E-state index contributed by atoms with van der Waals surface area (Å²) in [5.74, 6) is 0.544. The highest BCUT2D eigenvalue weighted by Gasteiger charge is 2.14. The zero-order chi connectivity index (χ0) is 17.0. The minimum absolute atomic E-state index is 0.427. The first-order valence-corrected chi connectivity index (χ1v) is 8.68. The van der Waals surface area contributed by atoms with Crippen molar-refractivity contribution in [3.8, 4) is 17.1 Å². The smallest absolute Gasteiger partial charge is 0.254 e. The Morgan fingerprint density at radius 1 is 1.00 bits per heavy atom. The van der Waals surface area contributed by atoms with E-state index < -0.39 is 0 Å². The van der Waals surface area contributed by atoms with Gasteiger partial charge in [0.05, 0.1) is 50.3 Å². The topological polar surface area (TPSA) is 66.6 Å². The molecule has 0 spiro atoms. The molecule has 24 heavy (non-hydrogen) atoms. The van der Waals surface area contributed by atoms with E-state index in [1.165, 1.54) is 0 Å². The standard InChI is InChI=1S/C16H24N3O4S/c1-3-20-7-8-21-9-10-22-11-12-23-16-15(17-24-18-16)14-5-4-6-19(2)13-14/h4-6,13H,3,7-12H2,1-2H3/q+1. The molecule has 132 valence electrons. The lowest BCUT2D eigenvalue weighted by atomic mass is 10.2. The van der Waals surface area contributed by atoms with Crippen molar-refractivity contribution < 1.29 is 23.5 Å². The van der Waals surface area contributed by atoms with Gasteiger partial charge in [-0.05, 0) is 13.0 Å². The summed E-state index contributed by atoms with van der Waals surface area (Å²) >= 11 is 1.14. The highest BCUT2D eigenvalue weighted by atomic mass is 32.1. The molecule has 2 aromatic heterocycles. The first kappa shape index (κ1) is 18.7. The Morgan fingerprint density at radius 2 is 1.71 bits per heavy atom. The molecule has 0 saturated carbocycles. The molecule has 0 aliphatic rings. The molecule has 2 heterocycles. The maximum absolute atomic E-state index is 5.67. The Bertz CT molecular complexity index is 594. The quantitative estimate of drug-likeness (QED) is 0.425. The van der Waals surface area contributed by atoms with Gasteiger partial charge in [-0.2, -0.15) is 4.37 Å². The molecule has 0 aromatic carbocycles. The van der Waals surface area contributed by atoms with Crippen LogP contribution in [0.2, 0.25) is 0 Å².